The summed E-state index contributed by atoms with van der Waals surface area (Å²) in [7, 11) is 0. The maximum Gasteiger partial charge on any atom is 0.0510 e. The van der Waals surface area contributed by atoms with Crippen molar-refractivity contribution in [3.05, 3.63) is 28.2 Å². The van der Waals surface area contributed by atoms with Gasteiger partial charge in [0.2, 0.25) is 0 Å². The minimum atomic E-state index is 0.415. The predicted octanol–water partition coefficient (Wildman–Crippen LogP) is 3.97. The van der Waals surface area contributed by atoms with E-state index in [1.54, 1.807) is 0 Å². The van der Waals surface area contributed by atoms with Crippen LogP contribution in [-0.4, -0.2) is 19.6 Å². The summed E-state index contributed by atoms with van der Waals surface area (Å²) < 4.78 is 1.22. The lowest BCUT2D eigenvalue weighted by molar-refractivity contribution is 0.598. The van der Waals surface area contributed by atoms with Gasteiger partial charge in [0.15, 0.2) is 0 Å². The lowest BCUT2D eigenvalue weighted by Crippen LogP contribution is -2.20. The van der Waals surface area contributed by atoms with Gasteiger partial charge in [-0.25, -0.2) is 0 Å². The van der Waals surface area contributed by atoms with E-state index >= 15 is 0 Å². The molecular formula is C15H23BrN2. The smallest absolute Gasteiger partial charge is 0.0510 e. The molecule has 0 saturated carbocycles. The highest BCUT2D eigenvalue weighted by molar-refractivity contribution is 9.10. The molecule has 18 heavy (non-hydrogen) atoms. The zero-order valence-corrected chi connectivity index (χ0v) is 13.1. The van der Waals surface area contributed by atoms with Crippen LogP contribution in [0.3, 0.4) is 0 Å². The van der Waals surface area contributed by atoms with Gasteiger partial charge in [-0.15, -0.1) is 0 Å². The first-order valence-electron chi connectivity index (χ1n) is 6.89. The summed E-state index contributed by atoms with van der Waals surface area (Å²) in [5.74, 6) is 0.817. The van der Waals surface area contributed by atoms with E-state index in [4.69, 9.17) is 0 Å². The van der Waals surface area contributed by atoms with Gasteiger partial charge >= 0.3 is 0 Å². The molecule has 1 N–H and O–H groups in total. The fourth-order valence-electron chi connectivity index (χ4n) is 2.63. The Morgan fingerprint density at radius 2 is 2.28 bits per heavy atom. The molecule has 2 unspecified atom stereocenters. The Morgan fingerprint density at radius 3 is 2.83 bits per heavy atom. The lowest BCUT2D eigenvalue weighted by Gasteiger charge is -2.21. The molecule has 3 heteroatoms. The SMILES string of the molecule is CCNC(C)c1ccc(N2CCC(C)C2)c(Br)c1. The Balaban J connectivity index is 2.15. The second-order valence-corrected chi connectivity index (χ2v) is 6.18. The van der Waals surface area contributed by atoms with E-state index in [0.29, 0.717) is 6.04 Å². The summed E-state index contributed by atoms with van der Waals surface area (Å²) in [6, 6.07) is 7.17. The minimum absolute atomic E-state index is 0.415. The molecule has 0 amide bonds. The molecule has 0 spiro atoms. The van der Waals surface area contributed by atoms with Gasteiger partial charge in [0.25, 0.3) is 0 Å². The van der Waals surface area contributed by atoms with Crippen molar-refractivity contribution >= 4 is 21.6 Å². The topological polar surface area (TPSA) is 15.3 Å². The average Bonchev–Trinajstić information content (AvgIpc) is 2.76. The maximum absolute atomic E-state index is 3.73. The van der Waals surface area contributed by atoms with Crippen molar-refractivity contribution in [2.24, 2.45) is 5.92 Å². The zero-order valence-electron chi connectivity index (χ0n) is 11.5. The largest absolute Gasteiger partial charge is 0.370 e. The summed E-state index contributed by atoms with van der Waals surface area (Å²) >= 11 is 3.73. The van der Waals surface area contributed by atoms with E-state index in [9.17, 15) is 0 Å². The summed E-state index contributed by atoms with van der Waals surface area (Å²) in [6.07, 6.45) is 1.31. The summed E-state index contributed by atoms with van der Waals surface area (Å²) in [5, 5.41) is 3.45. The molecule has 0 aliphatic carbocycles. The highest BCUT2D eigenvalue weighted by atomic mass is 79.9. The number of anilines is 1. The third kappa shape index (κ3) is 3.07. The minimum Gasteiger partial charge on any atom is -0.370 e. The quantitative estimate of drug-likeness (QED) is 0.905. The van der Waals surface area contributed by atoms with Crippen molar-refractivity contribution in [1.29, 1.82) is 0 Å². The van der Waals surface area contributed by atoms with E-state index in [-0.39, 0.29) is 0 Å². The standard InChI is InChI=1S/C15H23BrN2/c1-4-17-12(3)13-5-6-15(14(16)9-13)18-8-7-11(2)10-18/h5-6,9,11-12,17H,4,7-8,10H2,1-3H3. The van der Waals surface area contributed by atoms with Crippen LogP contribution in [0.1, 0.15) is 38.8 Å². The zero-order chi connectivity index (χ0) is 13.1. The molecule has 0 bridgehead atoms. The average molecular weight is 311 g/mol. The van der Waals surface area contributed by atoms with Crippen LogP contribution >= 0.6 is 15.9 Å². The first-order valence-corrected chi connectivity index (χ1v) is 7.69. The molecule has 2 atom stereocenters. The van der Waals surface area contributed by atoms with Crippen molar-refractivity contribution in [2.75, 3.05) is 24.5 Å². The van der Waals surface area contributed by atoms with Gasteiger partial charge in [-0.1, -0.05) is 19.9 Å². The Hall–Kier alpha value is -0.540. The second kappa shape index (κ2) is 6.07. The number of nitrogens with one attached hydrogen (secondary N) is 1. The molecule has 2 rings (SSSR count). The first kappa shape index (κ1) is 13.9. The van der Waals surface area contributed by atoms with Crippen molar-refractivity contribution in [3.8, 4) is 0 Å². The molecule has 100 valence electrons. The Kier molecular flexibility index (Phi) is 4.68. The molecule has 0 radical (unpaired) electrons. The van der Waals surface area contributed by atoms with Crippen molar-refractivity contribution < 1.29 is 0 Å². The maximum atomic E-state index is 3.73. The number of benzene rings is 1. The van der Waals surface area contributed by atoms with E-state index in [2.05, 4.69) is 65.1 Å². The molecule has 1 heterocycles. The van der Waals surface area contributed by atoms with Gasteiger partial charge in [0.1, 0.15) is 0 Å². The van der Waals surface area contributed by atoms with Crippen LogP contribution < -0.4 is 10.2 Å². The van der Waals surface area contributed by atoms with Gasteiger partial charge < -0.3 is 10.2 Å². The highest BCUT2D eigenvalue weighted by Gasteiger charge is 2.20. The molecular weight excluding hydrogens is 288 g/mol. The van der Waals surface area contributed by atoms with Gasteiger partial charge in [0, 0.05) is 23.6 Å². The van der Waals surface area contributed by atoms with E-state index < -0.39 is 0 Å². The number of rotatable bonds is 4. The third-order valence-corrected chi connectivity index (χ3v) is 4.38. The third-order valence-electron chi connectivity index (χ3n) is 3.75. The van der Waals surface area contributed by atoms with Crippen LogP contribution in [0.25, 0.3) is 0 Å². The lowest BCUT2D eigenvalue weighted by atomic mass is 10.1. The Morgan fingerprint density at radius 1 is 1.50 bits per heavy atom. The van der Waals surface area contributed by atoms with Crippen LogP contribution in [0.2, 0.25) is 0 Å². The van der Waals surface area contributed by atoms with Crippen molar-refractivity contribution in [1.82, 2.24) is 5.32 Å². The fraction of sp³-hybridized carbons (Fsp3) is 0.600. The van der Waals surface area contributed by atoms with Crippen LogP contribution in [0.15, 0.2) is 22.7 Å². The molecule has 0 aromatic heterocycles. The van der Waals surface area contributed by atoms with E-state index in [0.717, 1.165) is 12.5 Å². The molecule has 1 aromatic rings. The van der Waals surface area contributed by atoms with E-state index in [1.807, 2.05) is 0 Å². The monoisotopic (exact) mass is 310 g/mol. The fourth-order valence-corrected chi connectivity index (χ4v) is 3.27. The van der Waals surface area contributed by atoms with E-state index in [1.165, 1.54) is 35.2 Å². The van der Waals surface area contributed by atoms with Gasteiger partial charge in [-0.2, -0.15) is 0 Å². The number of hydrogen-bond acceptors (Lipinski definition) is 2. The predicted molar refractivity (Wildman–Crippen MR) is 82.2 cm³/mol. The summed E-state index contributed by atoms with van der Waals surface area (Å²) in [6.45, 7) is 10.1. The number of halogens is 1. The molecule has 1 saturated heterocycles. The van der Waals surface area contributed by atoms with Crippen LogP contribution in [0, 0.1) is 5.92 Å². The Bertz CT molecular complexity index is 405. The molecule has 1 fully saturated rings. The van der Waals surface area contributed by atoms with Crippen LogP contribution in [-0.2, 0) is 0 Å². The number of hydrogen-bond donors (Lipinski definition) is 1. The van der Waals surface area contributed by atoms with Crippen molar-refractivity contribution in [3.63, 3.8) is 0 Å². The van der Waals surface area contributed by atoms with Crippen molar-refractivity contribution in [2.45, 2.75) is 33.2 Å². The van der Waals surface area contributed by atoms with Crippen LogP contribution in [0.4, 0.5) is 5.69 Å². The summed E-state index contributed by atoms with van der Waals surface area (Å²) in [5.41, 5.74) is 2.69. The first-order chi connectivity index (χ1) is 8.61. The number of nitrogens with zero attached hydrogens (tertiary/aromatic N) is 1. The second-order valence-electron chi connectivity index (χ2n) is 5.33. The molecule has 1 aliphatic rings. The van der Waals surface area contributed by atoms with Gasteiger partial charge in [-0.3, -0.25) is 0 Å². The van der Waals surface area contributed by atoms with Gasteiger partial charge in [0.05, 0.1) is 5.69 Å². The van der Waals surface area contributed by atoms with Crippen LogP contribution in [0.5, 0.6) is 0 Å². The van der Waals surface area contributed by atoms with Gasteiger partial charge in [-0.05, 0) is 59.4 Å². The highest BCUT2D eigenvalue weighted by Crippen LogP contribution is 2.32. The molecule has 1 aromatic carbocycles. The molecule has 2 nitrogen and oxygen atoms in total. The summed E-state index contributed by atoms with van der Waals surface area (Å²) in [4.78, 5) is 2.48. The Labute approximate surface area is 119 Å². The normalized spacial score (nSPS) is 21.3. The molecule has 1 aliphatic heterocycles.